The number of unbranched alkanes of at least 4 members (excludes halogenated alkanes) is 1. The fourth-order valence-corrected chi connectivity index (χ4v) is 6.61. The van der Waals surface area contributed by atoms with Gasteiger partial charge in [0.15, 0.2) is 0 Å². The molecule has 0 spiro atoms. The van der Waals surface area contributed by atoms with E-state index < -0.39 is 16.0 Å². The summed E-state index contributed by atoms with van der Waals surface area (Å²) in [5, 5.41) is 8.96. The molecule has 1 fully saturated rings. The number of aliphatic carboxylic acids is 1. The van der Waals surface area contributed by atoms with Gasteiger partial charge in [0.05, 0.1) is 4.90 Å². The van der Waals surface area contributed by atoms with E-state index in [1.165, 1.54) is 37.7 Å². The van der Waals surface area contributed by atoms with E-state index in [9.17, 15) is 13.2 Å². The molecule has 1 aliphatic carbocycles. The van der Waals surface area contributed by atoms with Crippen molar-refractivity contribution in [1.82, 2.24) is 4.72 Å². The number of halogens is 1. The smallest absolute Gasteiger partial charge is 0.303 e. The zero-order valence-corrected chi connectivity index (χ0v) is 24.5. The van der Waals surface area contributed by atoms with Gasteiger partial charge in [0.25, 0.3) is 0 Å². The molecule has 1 aliphatic rings. The molecule has 0 heterocycles. The third-order valence-electron chi connectivity index (χ3n) is 7.32. The molecule has 3 aromatic carbocycles. The Bertz CT molecular complexity index is 1380. The van der Waals surface area contributed by atoms with Crippen LogP contribution in [0.2, 0.25) is 0 Å². The van der Waals surface area contributed by atoms with Crippen molar-refractivity contribution in [2.24, 2.45) is 0 Å². The van der Waals surface area contributed by atoms with Crippen molar-refractivity contribution >= 4 is 37.5 Å². The standard InChI is InChI=1S/C32H36BrNO4S/c33-29-10-6-9-28(23-29)31(11-4-5-12-32(35)36)27-15-13-24(14-16-27)21-22-34-39(37,38)30-19-17-26(18-20-30)25-7-2-1-3-8-25/h6,9-11,13-20,23,25,34H,1-5,7-8,12,21-22H2,(H,35,36)/b31-11+. The van der Waals surface area contributed by atoms with Crippen LogP contribution in [0.4, 0.5) is 0 Å². The molecule has 4 rings (SSSR count). The Balaban J connectivity index is 1.37. The van der Waals surface area contributed by atoms with Gasteiger partial charge in [-0.05, 0) is 90.1 Å². The van der Waals surface area contributed by atoms with Crippen molar-refractivity contribution in [2.45, 2.75) is 68.6 Å². The number of nitrogens with one attached hydrogen (secondary N) is 1. The van der Waals surface area contributed by atoms with Crippen LogP contribution in [0.3, 0.4) is 0 Å². The zero-order chi connectivity index (χ0) is 27.7. The maximum Gasteiger partial charge on any atom is 0.303 e. The van der Waals surface area contributed by atoms with Crippen molar-refractivity contribution in [3.05, 3.63) is 106 Å². The van der Waals surface area contributed by atoms with E-state index >= 15 is 0 Å². The highest BCUT2D eigenvalue weighted by molar-refractivity contribution is 9.10. The lowest BCUT2D eigenvalue weighted by molar-refractivity contribution is -0.137. The van der Waals surface area contributed by atoms with Crippen molar-refractivity contribution in [3.8, 4) is 0 Å². The Morgan fingerprint density at radius 3 is 2.33 bits per heavy atom. The first kappa shape index (κ1) is 29.2. The maximum absolute atomic E-state index is 12.8. The number of hydrogen-bond donors (Lipinski definition) is 2. The third kappa shape index (κ3) is 8.62. The van der Waals surface area contributed by atoms with E-state index in [0.717, 1.165) is 26.7 Å². The topological polar surface area (TPSA) is 83.5 Å². The van der Waals surface area contributed by atoms with Gasteiger partial charge in [0.2, 0.25) is 10.0 Å². The van der Waals surface area contributed by atoms with Crippen LogP contribution in [0, 0.1) is 0 Å². The van der Waals surface area contributed by atoms with Crippen LogP contribution in [0.5, 0.6) is 0 Å². The van der Waals surface area contributed by atoms with Crippen molar-refractivity contribution in [3.63, 3.8) is 0 Å². The average molecular weight is 611 g/mol. The lowest BCUT2D eigenvalue weighted by atomic mass is 9.84. The minimum Gasteiger partial charge on any atom is -0.481 e. The van der Waals surface area contributed by atoms with Crippen molar-refractivity contribution in [1.29, 1.82) is 0 Å². The number of carbonyl (C=O) groups is 1. The van der Waals surface area contributed by atoms with Crippen LogP contribution in [-0.4, -0.2) is 26.0 Å². The SMILES string of the molecule is O=C(O)CCC/C=C(\c1ccc(CCNS(=O)(=O)c2ccc(C3CCCCC3)cc2)cc1)c1cccc(Br)c1. The van der Waals surface area contributed by atoms with Gasteiger partial charge >= 0.3 is 5.97 Å². The highest BCUT2D eigenvalue weighted by Crippen LogP contribution is 2.33. The second-order valence-corrected chi connectivity index (χ2v) is 12.8. The molecule has 206 valence electrons. The van der Waals surface area contributed by atoms with E-state index in [0.29, 0.717) is 36.6 Å². The Morgan fingerprint density at radius 2 is 1.67 bits per heavy atom. The molecular weight excluding hydrogens is 574 g/mol. The predicted octanol–water partition coefficient (Wildman–Crippen LogP) is 7.70. The number of rotatable bonds is 12. The summed E-state index contributed by atoms with van der Waals surface area (Å²) in [6.45, 7) is 0.315. The molecule has 7 heteroatoms. The first-order chi connectivity index (χ1) is 18.8. The van der Waals surface area contributed by atoms with Gasteiger partial charge in [0, 0.05) is 17.4 Å². The molecule has 0 radical (unpaired) electrons. The van der Waals surface area contributed by atoms with Gasteiger partial charge < -0.3 is 5.11 Å². The molecule has 0 bridgehead atoms. The Kier molecular flexibility index (Phi) is 10.5. The molecule has 0 aromatic heterocycles. The van der Waals surface area contributed by atoms with Crippen LogP contribution in [0.25, 0.3) is 5.57 Å². The average Bonchev–Trinajstić information content (AvgIpc) is 2.94. The summed E-state index contributed by atoms with van der Waals surface area (Å²) >= 11 is 3.54. The zero-order valence-electron chi connectivity index (χ0n) is 22.1. The number of benzene rings is 3. The number of carboxylic acid groups (broad SMARTS) is 1. The van der Waals surface area contributed by atoms with Crippen LogP contribution in [-0.2, 0) is 21.2 Å². The summed E-state index contributed by atoms with van der Waals surface area (Å²) in [7, 11) is -3.56. The number of sulfonamides is 1. The largest absolute Gasteiger partial charge is 0.481 e. The van der Waals surface area contributed by atoms with E-state index in [2.05, 4.69) is 26.7 Å². The van der Waals surface area contributed by atoms with Gasteiger partial charge in [-0.15, -0.1) is 0 Å². The third-order valence-corrected chi connectivity index (χ3v) is 9.29. The van der Waals surface area contributed by atoms with Crippen LogP contribution < -0.4 is 4.72 Å². The van der Waals surface area contributed by atoms with Gasteiger partial charge in [-0.25, -0.2) is 13.1 Å². The van der Waals surface area contributed by atoms with Crippen molar-refractivity contribution < 1.29 is 18.3 Å². The maximum atomic E-state index is 12.8. The fraction of sp³-hybridized carbons (Fsp3) is 0.344. The van der Waals surface area contributed by atoms with E-state index in [4.69, 9.17) is 5.11 Å². The van der Waals surface area contributed by atoms with E-state index in [-0.39, 0.29) is 6.42 Å². The second kappa shape index (κ2) is 14.1. The highest BCUT2D eigenvalue weighted by atomic mass is 79.9. The first-order valence-corrected chi connectivity index (χ1v) is 16.0. The molecule has 0 amide bonds. The Morgan fingerprint density at radius 1 is 0.949 bits per heavy atom. The van der Waals surface area contributed by atoms with Crippen LogP contribution >= 0.6 is 15.9 Å². The second-order valence-electron chi connectivity index (χ2n) is 10.2. The summed E-state index contributed by atoms with van der Waals surface area (Å²) in [6, 6.07) is 23.6. The number of allylic oxidation sites excluding steroid dienone is 1. The molecule has 1 saturated carbocycles. The molecule has 0 atom stereocenters. The van der Waals surface area contributed by atoms with Gasteiger partial charge in [-0.3, -0.25) is 4.79 Å². The van der Waals surface area contributed by atoms with E-state index in [1.54, 1.807) is 12.1 Å². The molecule has 0 saturated heterocycles. The minimum absolute atomic E-state index is 0.141. The normalized spacial score (nSPS) is 14.8. The summed E-state index contributed by atoms with van der Waals surface area (Å²) in [5.74, 6) is -0.237. The molecule has 0 aliphatic heterocycles. The van der Waals surface area contributed by atoms with Gasteiger partial charge in [-0.2, -0.15) is 0 Å². The van der Waals surface area contributed by atoms with E-state index in [1.807, 2.05) is 60.7 Å². The molecule has 5 nitrogen and oxygen atoms in total. The fourth-order valence-electron chi connectivity index (χ4n) is 5.18. The molecule has 2 N–H and O–H groups in total. The quantitative estimate of drug-likeness (QED) is 0.206. The lowest BCUT2D eigenvalue weighted by Crippen LogP contribution is -2.26. The summed E-state index contributed by atoms with van der Waals surface area (Å²) in [6.07, 6.45) is 10.2. The van der Waals surface area contributed by atoms with Gasteiger partial charge in [-0.1, -0.05) is 89.8 Å². The number of carboxylic acids is 1. The van der Waals surface area contributed by atoms with Crippen LogP contribution in [0.15, 0.2) is 88.2 Å². The Labute approximate surface area is 240 Å². The molecular formula is C32H36BrNO4S. The summed E-state index contributed by atoms with van der Waals surface area (Å²) in [4.78, 5) is 11.2. The molecule has 3 aromatic rings. The summed E-state index contributed by atoms with van der Waals surface area (Å²) < 4.78 is 29.4. The Hall–Kier alpha value is -2.74. The first-order valence-electron chi connectivity index (χ1n) is 13.7. The molecule has 39 heavy (non-hydrogen) atoms. The minimum atomic E-state index is -3.56. The number of hydrogen-bond acceptors (Lipinski definition) is 3. The lowest BCUT2D eigenvalue weighted by Gasteiger charge is -2.22. The predicted molar refractivity (Wildman–Crippen MR) is 160 cm³/mol. The monoisotopic (exact) mass is 609 g/mol. The summed E-state index contributed by atoms with van der Waals surface area (Å²) in [5.41, 5.74) is 5.41. The van der Waals surface area contributed by atoms with Crippen molar-refractivity contribution in [2.75, 3.05) is 6.54 Å². The molecule has 0 unspecified atom stereocenters. The van der Waals surface area contributed by atoms with Gasteiger partial charge in [0.1, 0.15) is 0 Å². The van der Waals surface area contributed by atoms with Crippen LogP contribution in [0.1, 0.15) is 79.5 Å². The highest BCUT2D eigenvalue weighted by Gasteiger charge is 2.18.